The molecule has 0 saturated carbocycles. The van der Waals surface area contributed by atoms with E-state index in [0.29, 0.717) is 0 Å². The first-order valence-electron chi connectivity index (χ1n) is 10.3. The number of hydrogen-bond acceptors (Lipinski definition) is 3. The van der Waals surface area contributed by atoms with Gasteiger partial charge < -0.3 is 25.6 Å². The van der Waals surface area contributed by atoms with E-state index in [1.165, 1.54) is 6.07 Å². The zero-order valence-corrected chi connectivity index (χ0v) is 19.4. The Hall–Kier alpha value is -1.39. The summed E-state index contributed by atoms with van der Waals surface area (Å²) in [5.41, 5.74) is 2.06. The van der Waals surface area contributed by atoms with Crippen LogP contribution in [-0.4, -0.2) is 66.3 Å². The van der Waals surface area contributed by atoms with Gasteiger partial charge in [-0.05, 0) is 62.9 Å². The van der Waals surface area contributed by atoms with Gasteiger partial charge in [0.25, 0.3) is 0 Å². The minimum Gasteiger partial charge on any atom is -0.393 e. The zero-order valence-electron chi connectivity index (χ0n) is 17.1. The quantitative estimate of drug-likeness (QED) is 0.188. The maximum Gasteiger partial charge on any atom is 0.191 e. The van der Waals surface area contributed by atoms with Crippen molar-refractivity contribution in [1.29, 1.82) is 0 Å². The molecular formula is C21H33FIN5O. The van der Waals surface area contributed by atoms with Crippen molar-refractivity contribution in [2.45, 2.75) is 38.7 Å². The summed E-state index contributed by atoms with van der Waals surface area (Å²) in [5, 5.41) is 17.2. The Labute approximate surface area is 189 Å². The predicted octanol–water partition coefficient (Wildman–Crippen LogP) is 2.87. The van der Waals surface area contributed by atoms with Gasteiger partial charge in [0.2, 0.25) is 0 Å². The molecular weight excluding hydrogens is 484 g/mol. The van der Waals surface area contributed by atoms with Gasteiger partial charge in [-0.2, -0.15) is 0 Å². The second kappa shape index (κ2) is 12.3. The number of fused-ring (bicyclic) bond motifs is 1. The zero-order chi connectivity index (χ0) is 19.8. The second-order valence-corrected chi connectivity index (χ2v) is 7.37. The molecule has 4 N–H and O–H groups in total. The Bertz CT molecular complexity index is 774. The summed E-state index contributed by atoms with van der Waals surface area (Å²) in [5.74, 6) is 0.613. The number of guanidine groups is 1. The summed E-state index contributed by atoms with van der Waals surface area (Å²) >= 11 is 0. The average Bonchev–Trinajstić information content (AvgIpc) is 3.08. The molecule has 3 rings (SSSR count). The summed E-state index contributed by atoms with van der Waals surface area (Å²) in [4.78, 5) is 10.3. The van der Waals surface area contributed by atoms with E-state index in [2.05, 4.69) is 32.4 Å². The third kappa shape index (κ3) is 7.42. The van der Waals surface area contributed by atoms with E-state index in [-0.39, 0.29) is 35.9 Å². The van der Waals surface area contributed by atoms with Gasteiger partial charge in [-0.1, -0.05) is 0 Å². The third-order valence-electron chi connectivity index (χ3n) is 5.22. The number of aromatic nitrogens is 1. The van der Waals surface area contributed by atoms with E-state index in [1.54, 1.807) is 12.1 Å². The normalized spacial score (nSPS) is 16.0. The van der Waals surface area contributed by atoms with Crippen molar-refractivity contribution >= 4 is 40.8 Å². The highest BCUT2D eigenvalue weighted by molar-refractivity contribution is 14.0. The number of aromatic amines is 1. The van der Waals surface area contributed by atoms with Crippen molar-refractivity contribution in [2.75, 3.05) is 39.3 Å². The molecule has 2 heterocycles. The maximum absolute atomic E-state index is 13.5. The molecule has 1 aliphatic rings. The molecule has 0 spiro atoms. The molecule has 2 aromatic rings. The van der Waals surface area contributed by atoms with Crippen LogP contribution in [0, 0.1) is 5.82 Å². The lowest BCUT2D eigenvalue weighted by atomic mass is 10.1. The number of H-pyrrole nitrogens is 1. The topological polar surface area (TPSA) is 75.7 Å². The van der Waals surface area contributed by atoms with E-state index in [4.69, 9.17) is 0 Å². The number of aliphatic hydroxyl groups is 1. The molecule has 6 nitrogen and oxygen atoms in total. The SMILES string of the molecule is CCNC(=NCCCN1CCC(O)CC1)NCCc1c[nH]c2ccc(F)cc12.I. The van der Waals surface area contributed by atoms with Crippen molar-refractivity contribution in [3.05, 3.63) is 35.8 Å². The Morgan fingerprint density at radius 1 is 1.31 bits per heavy atom. The lowest BCUT2D eigenvalue weighted by Crippen LogP contribution is -2.39. The van der Waals surface area contributed by atoms with Crippen LogP contribution >= 0.6 is 24.0 Å². The van der Waals surface area contributed by atoms with Crippen LogP contribution in [0.4, 0.5) is 4.39 Å². The number of piperidine rings is 1. The highest BCUT2D eigenvalue weighted by atomic mass is 127. The Kier molecular flexibility index (Phi) is 10.2. The van der Waals surface area contributed by atoms with Crippen LogP contribution in [0.15, 0.2) is 29.4 Å². The van der Waals surface area contributed by atoms with Gasteiger partial charge in [0.1, 0.15) is 5.82 Å². The van der Waals surface area contributed by atoms with Crippen molar-refractivity contribution in [2.24, 2.45) is 4.99 Å². The van der Waals surface area contributed by atoms with Crippen molar-refractivity contribution in [3.63, 3.8) is 0 Å². The van der Waals surface area contributed by atoms with Crippen LogP contribution in [0.2, 0.25) is 0 Å². The van der Waals surface area contributed by atoms with Crippen LogP contribution in [0.5, 0.6) is 0 Å². The highest BCUT2D eigenvalue weighted by Crippen LogP contribution is 2.19. The smallest absolute Gasteiger partial charge is 0.191 e. The molecule has 1 saturated heterocycles. The fourth-order valence-electron chi connectivity index (χ4n) is 3.64. The summed E-state index contributed by atoms with van der Waals surface area (Å²) in [7, 11) is 0. The number of likely N-dealkylation sites (tertiary alicyclic amines) is 1. The largest absolute Gasteiger partial charge is 0.393 e. The first-order chi connectivity index (χ1) is 13.7. The number of benzene rings is 1. The van der Waals surface area contributed by atoms with E-state index >= 15 is 0 Å². The number of aliphatic hydroxyl groups excluding tert-OH is 1. The van der Waals surface area contributed by atoms with Gasteiger partial charge >= 0.3 is 0 Å². The molecule has 1 aromatic heterocycles. The number of aliphatic imine (C=N–C) groups is 1. The van der Waals surface area contributed by atoms with Crippen molar-refractivity contribution < 1.29 is 9.50 Å². The van der Waals surface area contributed by atoms with E-state index in [0.717, 1.165) is 87.4 Å². The Morgan fingerprint density at radius 3 is 2.86 bits per heavy atom. The first-order valence-corrected chi connectivity index (χ1v) is 10.3. The minimum absolute atomic E-state index is 0. The molecule has 1 aliphatic heterocycles. The summed E-state index contributed by atoms with van der Waals surface area (Å²) < 4.78 is 13.5. The maximum atomic E-state index is 13.5. The Morgan fingerprint density at radius 2 is 2.10 bits per heavy atom. The van der Waals surface area contributed by atoms with Crippen LogP contribution in [0.25, 0.3) is 10.9 Å². The van der Waals surface area contributed by atoms with E-state index in [9.17, 15) is 9.50 Å². The molecule has 0 aliphatic carbocycles. The number of hydrogen-bond donors (Lipinski definition) is 4. The van der Waals surface area contributed by atoms with Gasteiger partial charge in [0.05, 0.1) is 6.10 Å². The molecule has 8 heteroatoms. The van der Waals surface area contributed by atoms with Gasteiger partial charge in [-0.25, -0.2) is 4.39 Å². The standard InChI is InChI=1S/C21H32FN5O.HI/c1-2-23-21(24-9-3-11-27-12-7-18(28)8-13-27)25-10-6-16-15-26-20-5-4-17(22)14-19(16)20;/h4-5,14-15,18,26,28H,2-3,6-13H2,1H3,(H2,23,24,25);1H. The third-order valence-corrected chi connectivity index (χ3v) is 5.22. The summed E-state index contributed by atoms with van der Waals surface area (Å²) in [6.45, 7) is 7.36. The van der Waals surface area contributed by atoms with Crippen LogP contribution in [0.3, 0.4) is 0 Å². The minimum atomic E-state index is -0.209. The molecule has 0 atom stereocenters. The number of rotatable bonds is 8. The monoisotopic (exact) mass is 517 g/mol. The second-order valence-electron chi connectivity index (χ2n) is 7.37. The van der Waals surface area contributed by atoms with Crippen molar-refractivity contribution in [1.82, 2.24) is 20.5 Å². The van der Waals surface area contributed by atoms with Crippen LogP contribution < -0.4 is 10.6 Å². The van der Waals surface area contributed by atoms with Gasteiger partial charge in [-0.15, -0.1) is 24.0 Å². The van der Waals surface area contributed by atoms with E-state index < -0.39 is 0 Å². The summed E-state index contributed by atoms with van der Waals surface area (Å²) in [6.07, 6.45) is 5.40. The molecule has 29 heavy (non-hydrogen) atoms. The van der Waals surface area contributed by atoms with Crippen molar-refractivity contribution in [3.8, 4) is 0 Å². The first kappa shape index (κ1) is 23.9. The van der Waals surface area contributed by atoms with Gasteiger partial charge in [0, 0.05) is 49.8 Å². The fourth-order valence-corrected chi connectivity index (χ4v) is 3.64. The molecule has 162 valence electrons. The van der Waals surface area contributed by atoms with Gasteiger partial charge in [-0.3, -0.25) is 4.99 Å². The number of halogens is 2. The lowest BCUT2D eigenvalue weighted by molar-refractivity contribution is 0.0824. The number of nitrogens with zero attached hydrogens (tertiary/aromatic N) is 2. The molecule has 0 radical (unpaired) electrons. The molecule has 0 amide bonds. The lowest BCUT2D eigenvalue weighted by Gasteiger charge is -2.29. The molecule has 1 aromatic carbocycles. The van der Waals surface area contributed by atoms with Gasteiger partial charge in [0.15, 0.2) is 5.96 Å². The highest BCUT2D eigenvalue weighted by Gasteiger charge is 2.15. The molecule has 0 unspecified atom stereocenters. The molecule has 1 fully saturated rings. The average molecular weight is 517 g/mol. The molecule has 0 bridgehead atoms. The van der Waals surface area contributed by atoms with E-state index in [1.807, 2.05) is 6.20 Å². The fraction of sp³-hybridized carbons (Fsp3) is 0.571. The Balaban J connectivity index is 0.00000300. The predicted molar refractivity (Wildman–Crippen MR) is 128 cm³/mol. The summed E-state index contributed by atoms with van der Waals surface area (Å²) in [6, 6.07) is 4.83. The van der Waals surface area contributed by atoms with Crippen LogP contribution in [0.1, 0.15) is 31.7 Å². The van der Waals surface area contributed by atoms with Crippen LogP contribution in [-0.2, 0) is 6.42 Å². The number of nitrogens with one attached hydrogen (secondary N) is 3.